The first kappa shape index (κ1) is 15.3. The molecule has 2 aliphatic carbocycles. The summed E-state index contributed by atoms with van der Waals surface area (Å²) in [5.41, 5.74) is 1.30. The number of carbonyl (C=O) groups is 2. The molecule has 0 spiro atoms. The van der Waals surface area contributed by atoms with Crippen LogP contribution in [0.5, 0.6) is 0 Å². The Morgan fingerprint density at radius 3 is 2.65 bits per heavy atom. The molecule has 1 saturated heterocycles. The number of carbonyl (C=O) groups excluding carboxylic acids is 2. The largest absolute Gasteiger partial charge is 0.417 e. The average Bonchev–Trinajstić information content (AvgIpc) is 3.42. The SMILES string of the molecule is O=C(OC(=O)N1CCC2(c3ccc(Cl)c(Cl)c3)CC2C1)C1CC1. The first-order chi connectivity index (χ1) is 11.0. The van der Waals surface area contributed by atoms with E-state index in [1.54, 1.807) is 4.90 Å². The van der Waals surface area contributed by atoms with Gasteiger partial charge in [0.1, 0.15) is 0 Å². The second-order valence-electron chi connectivity index (χ2n) is 6.84. The van der Waals surface area contributed by atoms with Crippen molar-refractivity contribution >= 4 is 35.3 Å². The second kappa shape index (κ2) is 5.38. The number of benzene rings is 1. The van der Waals surface area contributed by atoms with Crippen LogP contribution in [0.1, 0.15) is 31.2 Å². The number of hydrogen-bond acceptors (Lipinski definition) is 3. The van der Waals surface area contributed by atoms with Crippen molar-refractivity contribution in [2.75, 3.05) is 13.1 Å². The van der Waals surface area contributed by atoms with Gasteiger partial charge in [-0.2, -0.15) is 0 Å². The molecule has 0 aromatic heterocycles. The highest BCUT2D eigenvalue weighted by atomic mass is 35.5. The lowest BCUT2D eigenvalue weighted by molar-refractivity contribution is -0.139. The zero-order chi connectivity index (χ0) is 16.2. The number of hydrogen-bond donors (Lipinski definition) is 0. The molecule has 1 amide bonds. The lowest BCUT2D eigenvalue weighted by Crippen LogP contribution is -2.41. The Morgan fingerprint density at radius 1 is 1.22 bits per heavy atom. The van der Waals surface area contributed by atoms with Gasteiger partial charge in [0.2, 0.25) is 0 Å². The lowest BCUT2D eigenvalue weighted by atomic mass is 9.87. The van der Waals surface area contributed by atoms with E-state index in [0.717, 1.165) is 25.7 Å². The van der Waals surface area contributed by atoms with E-state index in [1.807, 2.05) is 18.2 Å². The van der Waals surface area contributed by atoms with Crippen LogP contribution >= 0.6 is 23.2 Å². The zero-order valence-electron chi connectivity index (χ0n) is 12.6. The molecule has 4 rings (SSSR count). The monoisotopic (exact) mass is 353 g/mol. The quantitative estimate of drug-likeness (QED) is 0.595. The van der Waals surface area contributed by atoms with Crippen LogP contribution in [0.2, 0.25) is 10.0 Å². The Labute approximate surface area is 144 Å². The minimum atomic E-state index is -0.489. The Hall–Kier alpha value is -1.26. The summed E-state index contributed by atoms with van der Waals surface area (Å²) in [5, 5.41) is 1.13. The van der Waals surface area contributed by atoms with E-state index >= 15 is 0 Å². The van der Waals surface area contributed by atoms with E-state index in [0.29, 0.717) is 29.1 Å². The fourth-order valence-corrected chi connectivity index (χ4v) is 3.94. The molecular formula is C17H17Cl2NO3. The van der Waals surface area contributed by atoms with Crippen LogP contribution in [0.3, 0.4) is 0 Å². The average molecular weight is 354 g/mol. The third kappa shape index (κ3) is 2.72. The highest BCUT2D eigenvalue weighted by Gasteiger charge is 2.58. The first-order valence-electron chi connectivity index (χ1n) is 7.96. The number of rotatable bonds is 2. The van der Waals surface area contributed by atoms with Crippen LogP contribution in [0.15, 0.2) is 18.2 Å². The molecule has 1 aromatic rings. The predicted octanol–water partition coefficient (Wildman–Crippen LogP) is 4.03. The smallest absolute Gasteiger partial charge is 0.376 e. The van der Waals surface area contributed by atoms with E-state index in [9.17, 15) is 9.59 Å². The fraction of sp³-hybridized carbons (Fsp3) is 0.529. The van der Waals surface area contributed by atoms with E-state index in [1.165, 1.54) is 5.56 Å². The van der Waals surface area contributed by atoms with Crippen LogP contribution in [0, 0.1) is 11.8 Å². The van der Waals surface area contributed by atoms with Gasteiger partial charge in [0.15, 0.2) is 0 Å². The number of likely N-dealkylation sites (tertiary alicyclic amines) is 1. The van der Waals surface area contributed by atoms with Gasteiger partial charge in [0, 0.05) is 18.5 Å². The van der Waals surface area contributed by atoms with Crippen molar-refractivity contribution in [3.63, 3.8) is 0 Å². The third-order valence-electron chi connectivity index (χ3n) is 5.35. The Kier molecular flexibility index (Phi) is 3.58. The molecule has 1 aliphatic heterocycles. The van der Waals surface area contributed by atoms with Crippen LogP contribution in [0.4, 0.5) is 4.79 Å². The van der Waals surface area contributed by atoms with Gasteiger partial charge >= 0.3 is 12.1 Å². The summed E-state index contributed by atoms with van der Waals surface area (Å²) < 4.78 is 4.96. The van der Waals surface area contributed by atoms with Crippen LogP contribution in [-0.2, 0) is 14.9 Å². The van der Waals surface area contributed by atoms with E-state index < -0.39 is 6.09 Å². The van der Waals surface area contributed by atoms with Crippen molar-refractivity contribution in [2.45, 2.75) is 31.1 Å². The maximum Gasteiger partial charge on any atom is 0.417 e. The van der Waals surface area contributed by atoms with Gasteiger partial charge in [-0.15, -0.1) is 0 Å². The molecule has 0 bridgehead atoms. The van der Waals surface area contributed by atoms with Crippen molar-refractivity contribution in [3.8, 4) is 0 Å². The molecule has 2 saturated carbocycles. The summed E-state index contributed by atoms with van der Waals surface area (Å²) in [4.78, 5) is 25.4. The van der Waals surface area contributed by atoms with Gasteiger partial charge in [0.25, 0.3) is 0 Å². The molecule has 6 heteroatoms. The summed E-state index contributed by atoms with van der Waals surface area (Å²) in [7, 11) is 0. The minimum Gasteiger partial charge on any atom is -0.376 e. The van der Waals surface area contributed by atoms with Crippen LogP contribution in [0.25, 0.3) is 0 Å². The molecule has 0 radical (unpaired) electrons. The van der Waals surface area contributed by atoms with Crippen molar-refractivity contribution < 1.29 is 14.3 Å². The summed E-state index contributed by atoms with van der Waals surface area (Å²) >= 11 is 12.1. The molecule has 23 heavy (non-hydrogen) atoms. The maximum atomic E-state index is 12.1. The first-order valence-corrected chi connectivity index (χ1v) is 8.71. The van der Waals surface area contributed by atoms with Gasteiger partial charge in [-0.1, -0.05) is 29.3 Å². The zero-order valence-corrected chi connectivity index (χ0v) is 14.1. The third-order valence-corrected chi connectivity index (χ3v) is 6.09. The Bertz CT molecular complexity index is 688. The lowest BCUT2D eigenvalue weighted by Gasteiger charge is -2.31. The molecule has 122 valence electrons. The Morgan fingerprint density at radius 2 is 2.00 bits per heavy atom. The Balaban J connectivity index is 1.41. The minimum absolute atomic E-state index is 0.0556. The molecule has 3 fully saturated rings. The van der Waals surface area contributed by atoms with Gasteiger partial charge < -0.3 is 9.64 Å². The van der Waals surface area contributed by atoms with E-state index in [2.05, 4.69) is 0 Å². The van der Waals surface area contributed by atoms with Crippen molar-refractivity contribution in [3.05, 3.63) is 33.8 Å². The number of piperidine rings is 1. The number of nitrogens with zero attached hydrogens (tertiary/aromatic N) is 1. The normalized spacial score (nSPS) is 29.0. The van der Waals surface area contributed by atoms with Gasteiger partial charge in [0.05, 0.1) is 16.0 Å². The van der Waals surface area contributed by atoms with Crippen molar-refractivity contribution in [1.29, 1.82) is 0 Å². The topological polar surface area (TPSA) is 46.6 Å². The van der Waals surface area contributed by atoms with E-state index in [4.69, 9.17) is 27.9 Å². The summed E-state index contributed by atoms with van der Waals surface area (Å²) in [6.07, 6.45) is 3.09. The molecule has 2 atom stereocenters. The van der Waals surface area contributed by atoms with Crippen LogP contribution < -0.4 is 0 Å². The molecular weight excluding hydrogens is 337 g/mol. The molecule has 2 unspecified atom stereocenters. The second-order valence-corrected chi connectivity index (χ2v) is 7.66. The number of fused-ring (bicyclic) bond motifs is 1. The van der Waals surface area contributed by atoms with Gasteiger partial charge in [-0.05, 0) is 49.3 Å². The van der Waals surface area contributed by atoms with Gasteiger partial charge in [-0.25, -0.2) is 4.79 Å². The molecule has 3 aliphatic rings. The molecule has 1 aromatic carbocycles. The summed E-state index contributed by atoms with van der Waals surface area (Å²) in [5.74, 6) is -0.0239. The van der Waals surface area contributed by atoms with E-state index in [-0.39, 0.29) is 17.3 Å². The van der Waals surface area contributed by atoms with Crippen LogP contribution in [-0.4, -0.2) is 30.1 Å². The number of halogens is 2. The summed E-state index contributed by atoms with van der Waals surface area (Å²) in [6, 6.07) is 5.80. The number of amides is 1. The van der Waals surface area contributed by atoms with Crippen molar-refractivity contribution in [1.82, 2.24) is 4.90 Å². The van der Waals surface area contributed by atoms with Gasteiger partial charge in [-0.3, -0.25) is 4.79 Å². The highest BCUT2D eigenvalue weighted by Crippen LogP contribution is 2.59. The highest BCUT2D eigenvalue weighted by molar-refractivity contribution is 6.42. The molecule has 4 nitrogen and oxygen atoms in total. The molecule has 1 heterocycles. The molecule has 0 N–H and O–H groups in total. The van der Waals surface area contributed by atoms with Crippen molar-refractivity contribution in [2.24, 2.45) is 11.8 Å². The predicted molar refractivity (Wildman–Crippen MR) is 86.6 cm³/mol. The number of esters is 1. The summed E-state index contributed by atoms with van der Waals surface area (Å²) in [6.45, 7) is 1.24. The number of ether oxygens (including phenoxy) is 1. The standard InChI is InChI=1S/C17H17Cl2NO3/c18-13-4-3-11(7-14(13)19)17-5-6-20(9-12(17)8-17)16(22)23-15(21)10-1-2-10/h3-4,7,10,12H,1-2,5-6,8-9H2. The fourth-order valence-electron chi connectivity index (χ4n) is 3.64. The maximum absolute atomic E-state index is 12.1.